The molecule has 0 fully saturated rings. The maximum absolute atomic E-state index is 5.88. The summed E-state index contributed by atoms with van der Waals surface area (Å²) in [6.45, 7) is 16.0. The Bertz CT molecular complexity index is 402. The third kappa shape index (κ3) is 6.58. The van der Waals surface area contributed by atoms with Crippen LogP contribution in [-0.2, 0) is 13.1 Å². The highest BCUT2D eigenvalue weighted by atomic mass is 16.3. The van der Waals surface area contributed by atoms with E-state index in [0.717, 1.165) is 37.1 Å². The fourth-order valence-electron chi connectivity index (χ4n) is 2.03. The van der Waals surface area contributed by atoms with E-state index < -0.39 is 0 Å². The van der Waals surface area contributed by atoms with Crippen LogP contribution < -0.4 is 5.32 Å². The van der Waals surface area contributed by atoms with Gasteiger partial charge in [-0.25, -0.2) is 0 Å². The van der Waals surface area contributed by atoms with E-state index in [4.69, 9.17) is 4.42 Å². The lowest BCUT2D eigenvalue weighted by Gasteiger charge is -2.20. The minimum atomic E-state index is 0.137. The standard InChI is InChI=1S/C17H32N2O/c1-13(2)8-9-19(7)12-16-10-15(14(3)20-16)11-18-17(4,5)6/h10,13,18H,8-9,11-12H2,1-7H3. The van der Waals surface area contributed by atoms with Crippen molar-refractivity contribution >= 4 is 0 Å². The van der Waals surface area contributed by atoms with Gasteiger partial charge in [-0.15, -0.1) is 0 Å². The van der Waals surface area contributed by atoms with Crippen molar-refractivity contribution in [3.05, 3.63) is 23.2 Å². The Labute approximate surface area is 124 Å². The molecule has 0 aliphatic heterocycles. The largest absolute Gasteiger partial charge is 0.465 e. The average molecular weight is 280 g/mol. The van der Waals surface area contributed by atoms with Crippen LogP contribution >= 0.6 is 0 Å². The second-order valence-corrected chi connectivity index (χ2v) is 7.32. The van der Waals surface area contributed by atoms with Crippen molar-refractivity contribution in [2.45, 2.75) is 66.6 Å². The van der Waals surface area contributed by atoms with Crippen LogP contribution in [0.15, 0.2) is 10.5 Å². The van der Waals surface area contributed by atoms with E-state index in [1.54, 1.807) is 0 Å². The summed E-state index contributed by atoms with van der Waals surface area (Å²) in [4.78, 5) is 2.33. The molecule has 0 aliphatic rings. The van der Waals surface area contributed by atoms with E-state index in [9.17, 15) is 0 Å². The van der Waals surface area contributed by atoms with Crippen molar-refractivity contribution in [2.24, 2.45) is 5.92 Å². The van der Waals surface area contributed by atoms with Gasteiger partial charge in [-0.05, 0) is 59.7 Å². The quantitative estimate of drug-likeness (QED) is 0.819. The molecule has 0 atom stereocenters. The first-order valence-corrected chi connectivity index (χ1v) is 7.69. The van der Waals surface area contributed by atoms with E-state index in [0.29, 0.717) is 0 Å². The minimum Gasteiger partial charge on any atom is -0.465 e. The van der Waals surface area contributed by atoms with E-state index in [1.807, 2.05) is 0 Å². The van der Waals surface area contributed by atoms with Crippen molar-refractivity contribution in [1.29, 1.82) is 0 Å². The molecule has 0 unspecified atom stereocenters. The average Bonchev–Trinajstić information content (AvgIpc) is 2.63. The number of nitrogens with one attached hydrogen (secondary N) is 1. The van der Waals surface area contributed by atoms with Crippen LogP contribution in [0.3, 0.4) is 0 Å². The van der Waals surface area contributed by atoms with Gasteiger partial charge < -0.3 is 9.73 Å². The number of rotatable bonds is 7. The first-order valence-electron chi connectivity index (χ1n) is 7.69. The molecule has 1 aromatic heterocycles. The molecule has 3 nitrogen and oxygen atoms in total. The Morgan fingerprint density at radius 3 is 2.50 bits per heavy atom. The van der Waals surface area contributed by atoms with Crippen molar-refractivity contribution in [1.82, 2.24) is 10.2 Å². The Hall–Kier alpha value is -0.800. The molecule has 3 heteroatoms. The van der Waals surface area contributed by atoms with Crippen LogP contribution in [0.2, 0.25) is 0 Å². The van der Waals surface area contributed by atoms with Crippen LogP contribution in [0.5, 0.6) is 0 Å². The lowest BCUT2D eigenvalue weighted by molar-refractivity contribution is 0.275. The van der Waals surface area contributed by atoms with Crippen LogP contribution in [-0.4, -0.2) is 24.0 Å². The Balaban J connectivity index is 2.52. The third-order valence-electron chi connectivity index (χ3n) is 3.39. The summed E-state index contributed by atoms with van der Waals surface area (Å²) < 4.78 is 5.88. The fraction of sp³-hybridized carbons (Fsp3) is 0.765. The van der Waals surface area contributed by atoms with Gasteiger partial charge in [0.25, 0.3) is 0 Å². The highest BCUT2D eigenvalue weighted by Crippen LogP contribution is 2.17. The van der Waals surface area contributed by atoms with Crippen molar-refractivity contribution < 1.29 is 4.42 Å². The van der Waals surface area contributed by atoms with Gasteiger partial charge in [-0.1, -0.05) is 13.8 Å². The van der Waals surface area contributed by atoms with Gasteiger partial charge in [0.05, 0.1) is 6.54 Å². The molecule has 0 amide bonds. The summed E-state index contributed by atoms with van der Waals surface area (Å²) in [5.41, 5.74) is 1.41. The van der Waals surface area contributed by atoms with Gasteiger partial charge in [-0.2, -0.15) is 0 Å². The predicted octanol–water partition coefficient (Wildman–Crippen LogP) is 3.95. The molecular formula is C17H32N2O. The molecule has 1 heterocycles. The molecule has 116 valence electrons. The number of nitrogens with zero attached hydrogens (tertiary/aromatic N) is 1. The van der Waals surface area contributed by atoms with Gasteiger partial charge in [0.1, 0.15) is 11.5 Å². The third-order valence-corrected chi connectivity index (χ3v) is 3.39. The van der Waals surface area contributed by atoms with E-state index in [-0.39, 0.29) is 5.54 Å². The number of furan rings is 1. The topological polar surface area (TPSA) is 28.4 Å². The summed E-state index contributed by atoms with van der Waals surface area (Å²) in [5, 5.41) is 3.51. The normalized spacial score (nSPS) is 12.7. The summed E-state index contributed by atoms with van der Waals surface area (Å²) in [6.07, 6.45) is 1.23. The second kappa shape index (κ2) is 7.28. The van der Waals surface area contributed by atoms with Gasteiger partial charge in [0.15, 0.2) is 0 Å². The summed E-state index contributed by atoms with van der Waals surface area (Å²) >= 11 is 0. The smallest absolute Gasteiger partial charge is 0.118 e. The minimum absolute atomic E-state index is 0.137. The van der Waals surface area contributed by atoms with Crippen molar-refractivity contribution in [3.8, 4) is 0 Å². The van der Waals surface area contributed by atoms with Crippen molar-refractivity contribution in [3.63, 3.8) is 0 Å². The van der Waals surface area contributed by atoms with Crippen LogP contribution in [0.25, 0.3) is 0 Å². The first-order chi connectivity index (χ1) is 9.17. The lowest BCUT2D eigenvalue weighted by Crippen LogP contribution is -2.35. The first kappa shape index (κ1) is 17.3. The zero-order valence-corrected chi connectivity index (χ0v) is 14.3. The highest BCUT2D eigenvalue weighted by Gasteiger charge is 2.13. The highest BCUT2D eigenvalue weighted by molar-refractivity contribution is 5.20. The van der Waals surface area contributed by atoms with Crippen LogP contribution in [0, 0.1) is 12.8 Å². The molecule has 0 aromatic carbocycles. The Morgan fingerprint density at radius 1 is 1.30 bits per heavy atom. The molecular weight excluding hydrogens is 248 g/mol. The van der Waals surface area contributed by atoms with Gasteiger partial charge >= 0.3 is 0 Å². The van der Waals surface area contributed by atoms with Crippen LogP contribution in [0.1, 0.15) is 58.1 Å². The SMILES string of the molecule is Cc1oc(CN(C)CCC(C)C)cc1CNC(C)(C)C. The molecule has 1 N–H and O–H groups in total. The van der Waals surface area contributed by atoms with Crippen molar-refractivity contribution in [2.75, 3.05) is 13.6 Å². The number of hydrogen-bond acceptors (Lipinski definition) is 3. The Kier molecular flexibility index (Phi) is 6.28. The predicted molar refractivity (Wildman–Crippen MR) is 85.8 cm³/mol. The van der Waals surface area contributed by atoms with Crippen LogP contribution in [0.4, 0.5) is 0 Å². The van der Waals surface area contributed by atoms with E-state index >= 15 is 0 Å². The zero-order chi connectivity index (χ0) is 15.3. The number of aryl methyl sites for hydroxylation is 1. The van der Waals surface area contributed by atoms with Gasteiger partial charge in [0.2, 0.25) is 0 Å². The van der Waals surface area contributed by atoms with Gasteiger partial charge in [-0.3, -0.25) is 4.90 Å². The molecule has 0 saturated carbocycles. The monoisotopic (exact) mass is 280 g/mol. The summed E-state index contributed by atoms with van der Waals surface area (Å²) in [5.74, 6) is 2.86. The molecule has 1 aromatic rings. The molecule has 0 bridgehead atoms. The summed E-state index contributed by atoms with van der Waals surface area (Å²) in [6, 6.07) is 2.19. The zero-order valence-electron chi connectivity index (χ0n) is 14.3. The number of hydrogen-bond donors (Lipinski definition) is 1. The molecule has 0 aliphatic carbocycles. The summed E-state index contributed by atoms with van der Waals surface area (Å²) in [7, 11) is 2.16. The molecule has 0 saturated heterocycles. The Morgan fingerprint density at radius 2 is 1.95 bits per heavy atom. The molecule has 0 spiro atoms. The maximum atomic E-state index is 5.88. The van der Waals surface area contributed by atoms with Gasteiger partial charge in [0, 0.05) is 17.6 Å². The van der Waals surface area contributed by atoms with E-state index in [2.05, 4.69) is 64.9 Å². The van der Waals surface area contributed by atoms with E-state index in [1.165, 1.54) is 12.0 Å². The second-order valence-electron chi connectivity index (χ2n) is 7.32. The molecule has 0 radical (unpaired) electrons. The maximum Gasteiger partial charge on any atom is 0.118 e. The fourth-order valence-corrected chi connectivity index (χ4v) is 2.03. The molecule has 20 heavy (non-hydrogen) atoms. The molecule has 1 rings (SSSR count). The lowest BCUT2D eigenvalue weighted by atomic mass is 10.1.